The highest BCUT2D eigenvalue weighted by atomic mass is 16.5. The molecule has 0 aromatic heterocycles. The number of carbonyl (C=O) groups excluding carboxylic acids is 1. The average molecular weight is 260 g/mol. The van der Waals surface area contributed by atoms with E-state index in [9.17, 15) is 10.0 Å². The number of hydroxylamine groups is 2. The normalized spacial score (nSPS) is 23.9. The van der Waals surface area contributed by atoms with Gasteiger partial charge in [-0.25, -0.2) is 0 Å². The molecular formula is C14H16N2O3. The number of rotatable bonds is 0. The Kier molecular flexibility index (Phi) is 2.20. The maximum Gasteiger partial charge on any atom is 0.252 e. The summed E-state index contributed by atoms with van der Waals surface area (Å²) in [5.41, 5.74) is 2.99. The van der Waals surface area contributed by atoms with Crippen LogP contribution in [-0.2, 0) is 12.0 Å². The maximum atomic E-state index is 11.7. The van der Waals surface area contributed by atoms with Gasteiger partial charge in [-0.15, -0.1) is 0 Å². The fourth-order valence-corrected chi connectivity index (χ4v) is 3.49. The quantitative estimate of drug-likeness (QED) is 0.732. The summed E-state index contributed by atoms with van der Waals surface area (Å²) >= 11 is 0. The summed E-state index contributed by atoms with van der Waals surface area (Å²) < 4.78 is 5.93. The topological polar surface area (TPSA) is 61.8 Å². The molecule has 4 rings (SSSR count). The Morgan fingerprint density at radius 1 is 1.32 bits per heavy atom. The number of nitrogens with one attached hydrogen (secondary N) is 1. The molecule has 19 heavy (non-hydrogen) atoms. The summed E-state index contributed by atoms with van der Waals surface area (Å²) in [6.07, 6.45) is 1.80. The van der Waals surface area contributed by atoms with E-state index in [1.54, 1.807) is 0 Å². The first-order valence-corrected chi connectivity index (χ1v) is 6.71. The molecule has 1 aromatic carbocycles. The highest BCUT2D eigenvalue weighted by molar-refractivity contribution is 5.99. The van der Waals surface area contributed by atoms with Crippen molar-refractivity contribution in [2.45, 2.75) is 24.8 Å². The average Bonchev–Trinajstić information content (AvgIpc) is 2.96. The first-order valence-electron chi connectivity index (χ1n) is 6.71. The van der Waals surface area contributed by atoms with E-state index in [0.717, 1.165) is 29.7 Å². The van der Waals surface area contributed by atoms with Crippen molar-refractivity contribution in [3.63, 3.8) is 0 Å². The second-order valence-corrected chi connectivity index (χ2v) is 5.67. The van der Waals surface area contributed by atoms with Crippen LogP contribution < -0.4 is 10.1 Å². The van der Waals surface area contributed by atoms with E-state index >= 15 is 0 Å². The lowest BCUT2D eigenvalue weighted by Gasteiger charge is -2.35. The molecule has 3 heterocycles. The molecule has 1 fully saturated rings. The van der Waals surface area contributed by atoms with Gasteiger partial charge in [-0.05, 0) is 18.9 Å². The van der Waals surface area contributed by atoms with E-state index < -0.39 is 0 Å². The molecule has 0 radical (unpaired) electrons. The van der Waals surface area contributed by atoms with Gasteiger partial charge in [-0.3, -0.25) is 4.79 Å². The van der Waals surface area contributed by atoms with Gasteiger partial charge in [0.2, 0.25) is 0 Å². The molecule has 5 nitrogen and oxygen atoms in total. The van der Waals surface area contributed by atoms with Gasteiger partial charge in [0.1, 0.15) is 5.75 Å². The molecule has 3 aliphatic heterocycles. The molecule has 1 aromatic rings. The van der Waals surface area contributed by atoms with Crippen LogP contribution in [0.2, 0.25) is 0 Å². The predicted octanol–water partition coefficient (Wildman–Crippen LogP) is 1.05. The van der Waals surface area contributed by atoms with Crippen molar-refractivity contribution in [1.82, 2.24) is 10.4 Å². The number of ether oxygens (including phenoxy) is 1. The van der Waals surface area contributed by atoms with Crippen molar-refractivity contribution in [3.05, 3.63) is 28.8 Å². The third-order valence-electron chi connectivity index (χ3n) is 4.69. The number of benzene rings is 1. The zero-order chi connectivity index (χ0) is 13.0. The minimum Gasteiger partial charge on any atom is -0.492 e. The Morgan fingerprint density at radius 3 is 2.89 bits per heavy atom. The van der Waals surface area contributed by atoms with E-state index in [1.807, 2.05) is 12.1 Å². The number of hydrogen-bond donors (Lipinski definition) is 2. The second kappa shape index (κ2) is 3.71. The summed E-state index contributed by atoms with van der Waals surface area (Å²) in [5, 5.41) is 13.8. The molecule has 0 unspecified atom stereocenters. The molecule has 1 saturated heterocycles. The molecule has 0 bridgehead atoms. The van der Waals surface area contributed by atoms with Crippen molar-refractivity contribution in [2.75, 3.05) is 19.7 Å². The fraction of sp³-hybridized carbons (Fsp3) is 0.500. The molecule has 0 saturated carbocycles. The molecule has 0 aliphatic carbocycles. The molecule has 3 aliphatic rings. The molecule has 5 heteroatoms. The summed E-state index contributed by atoms with van der Waals surface area (Å²) in [6.45, 7) is 2.59. The number of amides is 1. The molecule has 2 N–H and O–H groups in total. The van der Waals surface area contributed by atoms with Crippen molar-refractivity contribution in [2.24, 2.45) is 0 Å². The first kappa shape index (κ1) is 11.3. The van der Waals surface area contributed by atoms with Crippen LogP contribution in [0.15, 0.2) is 12.1 Å². The second-order valence-electron chi connectivity index (χ2n) is 5.67. The third kappa shape index (κ3) is 1.45. The van der Waals surface area contributed by atoms with Gasteiger partial charge in [0.15, 0.2) is 0 Å². The largest absolute Gasteiger partial charge is 0.492 e. The standard InChI is InChI=1S/C14H16N2O3/c17-13-9-1-2-11-12(10(9)7-15-13)19-8-14(11)3-5-16(18)6-4-14/h1-2,18H,3-8H2,(H,15,17). The Balaban J connectivity index is 1.79. The highest BCUT2D eigenvalue weighted by Gasteiger charge is 2.45. The van der Waals surface area contributed by atoms with Crippen LogP contribution in [0, 0.1) is 0 Å². The number of nitrogens with zero attached hydrogens (tertiary/aromatic N) is 1. The molecular weight excluding hydrogens is 244 g/mol. The van der Waals surface area contributed by atoms with Crippen LogP contribution >= 0.6 is 0 Å². The lowest BCUT2D eigenvalue weighted by Crippen LogP contribution is -2.42. The van der Waals surface area contributed by atoms with Crippen molar-refractivity contribution < 1.29 is 14.7 Å². The van der Waals surface area contributed by atoms with Crippen LogP contribution in [0.5, 0.6) is 5.75 Å². The van der Waals surface area contributed by atoms with Crippen molar-refractivity contribution in [3.8, 4) is 5.75 Å². The Hall–Kier alpha value is -1.59. The van der Waals surface area contributed by atoms with Crippen LogP contribution in [0.3, 0.4) is 0 Å². The smallest absolute Gasteiger partial charge is 0.252 e. The molecule has 1 amide bonds. The number of piperidine rings is 1. The summed E-state index contributed by atoms with van der Waals surface area (Å²) in [7, 11) is 0. The minimum atomic E-state index is -0.00692. The predicted molar refractivity (Wildman–Crippen MR) is 67.4 cm³/mol. The molecule has 100 valence electrons. The van der Waals surface area contributed by atoms with Gasteiger partial charge in [-0.1, -0.05) is 6.07 Å². The van der Waals surface area contributed by atoms with Crippen molar-refractivity contribution >= 4 is 5.91 Å². The van der Waals surface area contributed by atoms with Crippen LogP contribution in [-0.4, -0.2) is 35.9 Å². The van der Waals surface area contributed by atoms with Crippen LogP contribution in [0.4, 0.5) is 0 Å². The van der Waals surface area contributed by atoms with E-state index in [2.05, 4.69) is 5.32 Å². The first-order chi connectivity index (χ1) is 9.20. The number of fused-ring (bicyclic) bond motifs is 4. The maximum absolute atomic E-state index is 11.7. The lowest BCUT2D eigenvalue weighted by molar-refractivity contribution is -0.117. The van der Waals surface area contributed by atoms with Gasteiger partial charge in [0.05, 0.1) is 6.61 Å². The summed E-state index contributed by atoms with van der Waals surface area (Å²) in [4.78, 5) is 11.7. The van der Waals surface area contributed by atoms with E-state index in [-0.39, 0.29) is 11.3 Å². The van der Waals surface area contributed by atoms with E-state index in [1.165, 1.54) is 10.6 Å². The van der Waals surface area contributed by atoms with Gasteiger partial charge in [0.25, 0.3) is 5.91 Å². The minimum absolute atomic E-state index is 0.00692. The third-order valence-corrected chi connectivity index (χ3v) is 4.69. The Labute approximate surface area is 111 Å². The molecule has 1 spiro atoms. The highest BCUT2D eigenvalue weighted by Crippen LogP contribution is 2.48. The Morgan fingerprint density at radius 2 is 2.11 bits per heavy atom. The zero-order valence-electron chi connectivity index (χ0n) is 10.6. The number of carbonyl (C=O) groups is 1. The summed E-state index contributed by atoms with van der Waals surface area (Å²) in [6, 6.07) is 3.96. The molecule has 0 atom stereocenters. The van der Waals surface area contributed by atoms with Crippen LogP contribution in [0.1, 0.15) is 34.3 Å². The Bertz CT molecular complexity index is 562. The SMILES string of the molecule is O=C1NCc2c1ccc1c2OCC12CCN(O)CC2. The lowest BCUT2D eigenvalue weighted by atomic mass is 9.74. The van der Waals surface area contributed by atoms with E-state index in [4.69, 9.17) is 4.74 Å². The van der Waals surface area contributed by atoms with E-state index in [0.29, 0.717) is 26.2 Å². The van der Waals surface area contributed by atoms with Crippen molar-refractivity contribution in [1.29, 1.82) is 0 Å². The summed E-state index contributed by atoms with van der Waals surface area (Å²) in [5.74, 6) is 0.898. The zero-order valence-corrected chi connectivity index (χ0v) is 10.6. The van der Waals surface area contributed by atoms with Gasteiger partial charge in [0, 0.05) is 41.7 Å². The fourth-order valence-electron chi connectivity index (χ4n) is 3.49. The van der Waals surface area contributed by atoms with Gasteiger partial charge in [-0.2, -0.15) is 5.06 Å². The number of hydrogen-bond acceptors (Lipinski definition) is 4. The van der Waals surface area contributed by atoms with Gasteiger partial charge < -0.3 is 15.3 Å². The van der Waals surface area contributed by atoms with Crippen LogP contribution in [0.25, 0.3) is 0 Å². The monoisotopic (exact) mass is 260 g/mol. The van der Waals surface area contributed by atoms with Gasteiger partial charge >= 0.3 is 0 Å².